The van der Waals surface area contributed by atoms with E-state index in [4.69, 9.17) is 9.15 Å². The number of nitrogens with zero attached hydrogens (tertiary/aromatic N) is 2. The Labute approximate surface area is 136 Å². The Hall–Kier alpha value is 0.0300. The fraction of sp³-hybridized carbons (Fsp3) is 0.846. The summed E-state index contributed by atoms with van der Waals surface area (Å²) in [6.07, 6.45) is 2.75. The number of rotatable bonds is 9. The summed E-state index contributed by atoms with van der Waals surface area (Å²) in [7, 11) is 0. The first-order chi connectivity index (χ1) is 9.93. The van der Waals surface area contributed by atoms with Gasteiger partial charge in [-0.05, 0) is 49.6 Å². The highest BCUT2D eigenvalue weighted by molar-refractivity contribution is 8.55. The molecule has 0 aliphatic carbocycles. The lowest BCUT2D eigenvalue weighted by Gasteiger charge is -2.21. The van der Waals surface area contributed by atoms with Crippen LogP contribution in [0.1, 0.15) is 53.9 Å². The monoisotopic (exact) mass is 352 g/mol. The second kappa shape index (κ2) is 8.61. The quantitative estimate of drug-likeness (QED) is 0.415. The van der Waals surface area contributed by atoms with Crippen molar-refractivity contribution in [3.8, 4) is 0 Å². The van der Waals surface area contributed by atoms with Crippen LogP contribution in [-0.4, -0.2) is 28.0 Å². The average Bonchev–Trinajstić information content (AvgIpc) is 2.81. The molecule has 0 amide bonds. The van der Waals surface area contributed by atoms with E-state index in [9.17, 15) is 4.57 Å². The van der Waals surface area contributed by atoms with Gasteiger partial charge in [-0.25, -0.2) is 9.56 Å². The predicted molar refractivity (Wildman–Crippen MR) is 94.5 cm³/mol. The van der Waals surface area contributed by atoms with Gasteiger partial charge in [0, 0.05) is 11.5 Å². The summed E-state index contributed by atoms with van der Waals surface area (Å²) in [6.45, 7) is 7.29. The molecule has 0 saturated carbocycles. The van der Waals surface area contributed by atoms with Crippen LogP contribution in [0, 0.1) is 0 Å². The molecular formula is C13H25N2O3PS2. The molecule has 0 radical (unpaired) electrons. The minimum Gasteiger partial charge on any atom is -0.303 e. The molecule has 1 heterocycles. The van der Waals surface area contributed by atoms with Crippen LogP contribution in [-0.2, 0) is 13.7 Å². The van der Waals surface area contributed by atoms with Crippen LogP contribution in [0.25, 0.3) is 0 Å². The molecule has 21 heavy (non-hydrogen) atoms. The van der Waals surface area contributed by atoms with E-state index < -0.39 is 6.80 Å². The first-order valence-corrected chi connectivity index (χ1v) is 11.3. The summed E-state index contributed by atoms with van der Waals surface area (Å²) in [5.74, 6) is 0.714. The van der Waals surface area contributed by atoms with Gasteiger partial charge in [0.25, 0.3) is 0 Å². The van der Waals surface area contributed by atoms with E-state index in [1.165, 1.54) is 11.4 Å². The topological polar surface area (TPSA) is 60.2 Å². The van der Waals surface area contributed by atoms with Crippen molar-refractivity contribution in [3.63, 3.8) is 0 Å². The highest BCUT2D eigenvalue weighted by Gasteiger charge is 2.37. The second-order valence-electron chi connectivity index (χ2n) is 4.75. The van der Waals surface area contributed by atoms with E-state index in [0.29, 0.717) is 17.5 Å². The Balaban J connectivity index is 2.79. The maximum Gasteiger partial charge on any atom is 0.460 e. The highest BCUT2D eigenvalue weighted by Crippen LogP contribution is 2.61. The summed E-state index contributed by atoms with van der Waals surface area (Å²) >= 11 is 2.75. The van der Waals surface area contributed by atoms with Gasteiger partial charge in [0.15, 0.2) is 0 Å². The smallest absolute Gasteiger partial charge is 0.303 e. The molecule has 0 bridgehead atoms. The van der Waals surface area contributed by atoms with Crippen molar-refractivity contribution in [2.75, 3.05) is 12.4 Å². The standard InChI is InChI=1S/C13H25N2O3PS2/c1-6-10-20-19(16,17-9-4)18-15-12-14-11(7-2)13(5,8-3)21-12/h6-10H2,1-5H3. The molecule has 1 rings (SSSR count). The van der Waals surface area contributed by atoms with Crippen molar-refractivity contribution in [2.45, 2.75) is 58.6 Å². The number of oxime groups is 1. The molecule has 2 unspecified atom stereocenters. The number of thioether (sulfide) groups is 1. The van der Waals surface area contributed by atoms with Gasteiger partial charge in [-0.1, -0.05) is 32.5 Å². The van der Waals surface area contributed by atoms with Crippen LogP contribution in [0.3, 0.4) is 0 Å². The minimum atomic E-state index is -3.22. The molecule has 0 N–H and O–H groups in total. The van der Waals surface area contributed by atoms with Crippen molar-refractivity contribution in [2.24, 2.45) is 10.1 Å². The maximum absolute atomic E-state index is 12.5. The number of hydrogen-bond acceptors (Lipinski definition) is 6. The Morgan fingerprint density at radius 3 is 2.57 bits per heavy atom. The number of amidine groups is 1. The SMILES string of the molecule is CCCSP(=O)(OCC)ON=C1N=C(CC)C(C)(CC)S1. The lowest BCUT2D eigenvalue weighted by Crippen LogP contribution is -2.26. The van der Waals surface area contributed by atoms with E-state index in [1.807, 2.05) is 6.92 Å². The van der Waals surface area contributed by atoms with Gasteiger partial charge in [0.2, 0.25) is 5.17 Å². The average molecular weight is 352 g/mol. The molecule has 122 valence electrons. The van der Waals surface area contributed by atoms with Gasteiger partial charge >= 0.3 is 6.80 Å². The van der Waals surface area contributed by atoms with E-state index in [1.54, 1.807) is 18.7 Å². The van der Waals surface area contributed by atoms with Crippen molar-refractivity contribution >= 4 is 40.8 Å². The zero-order chi connectivity index (χ0) is 15.9. The molecule has 1 aliphatic rings. The zero-order valence-corrected chi connectivity index (χ0v) is 15.9. The number of aliphatic imine (C=N–C) groups is 1. The van der Waals surface area contributed by atoms with Gasteiger partial charge in [0.1, 0.15) is 0 Å². The lowest BCUT2D eigenvalue weighted by molar-refractivity contribution is 0.236. The largest absolute Gasteiger partial charge is 0.460 e. The molecule has 0 fully saturated rings. The summed E-state index contributed by atoms with van der Waals surface area (Å²) in [6, 6.07) is 0. The summed E-state index contributed by atoms with van der Waals surface area (Å²) < 4.78 is 22.9. The maximum atomic E-state index is 12.5. The first-order valence-electron chi connectivity index (χ1n) is 7.35. The molecule has 5 nitrogen and oxygen atoms in total. The van der Waals surface area contributed by atoms with E-state index in [-0.39, 0.29) is 4.75 Å². The van der Waals surface area contributed by atoms with E-state index in [2.05, 4.69) is 30.9 Å². The van der Waals surface area contributed by atoms with Gasteiger partial charge in [-0.2, -0.15) is 0 Å². The first kappa shape index (κ1) is 19.1. The van der Waals surface area contributed by atoms with Gasteiger partial charge in [-0.15, -0.1) is 0 Å². The fourth-order valence-electron chi connectivity index (χ4n) is 1.82. The molecule has 0 aromatic carbocycles. The van der Waals surface area contributed by atoms with E-state index in [0.717, 1.165) is 25.0 Å². The number of hydrogen-bond donors (Lipinski definition) is 0. The molecule has 8 heteroatoms. The van der Waals surface area contributed by atoms with Crippen LogP contribution in [0.2, 0.25) is 0 Å². The van der Waals surface area contributed by atoms with Gasteiger partial charge < -0.3 is 4.62 Å². The summed E-state index contributed by atoms with van der Waals surface area (Å²) in [4.78, 5) is 4.49. The minimum absolute atomic E-state index is 0.0386. The Morgan fingerprint density at radius 1 is 1.38 bits per heavy atom. The van der Waals surface area contributed by atoms with Crippen LogP contribution < -0.4 is 0 Å². The van der Waals surface area contributed by atoms with Gasteiger partial charge in [0.05, 0.1) is 11.4 Å². The van der Waals surface area contributed by atoms with Gasteiger partial charge in [-0.3, -0.25) is 4.52 Å². The van der Waals surface area contributed by atoms with Crippen LogP contribution in [0.5, 0.6) is 0 Å². The molecule has 1 aliphatic heterocycles. The van der Waals surface area contributed by atoms with E-state index >= 15 is 0 Å². The van der Waals surface area contributed by atoms with Crippen LogP contribution in [0.4, 0.5) is 0 Å². The van der Waals surface area contributed by atoms with Crippen LogP contribution >= 0.6 is 29.9 Å². The Bertz CT molecular complexity index is 457. The molecule has 0 aromatic rings. The molecule has 0 saturated heterocycles. The van der Waals surface area contributed by atoms with Crippen LogP contribution in [0.15, 0.2) is 10.1 Å². The normalized spacial score (nSPS) is 26.7. The second-order valence-corrected chi connectivity index (χ2v) is 10.3. The molecule has 0 aromatic heterocycles. The third-order valence-electron chi connectivity index (χ3n) is 3.13. The molecule has 2 atom stereocenters. The zero-order valence-electron chi connectivity index (χ0n) is 13.4. The lowest BCUT2D eigenvalue weighted by atomic mass is 10.00. The Kier molecular flexibility index (Phi) is 7.82. The third kappa shape index (κ3) is 5.31. The summed E-state index contributed by atoms with van der Waals surface area (Å²) in [5, 5.41) is 4.53. The molecular weight excluding hydrogens is 327 g/mol. The van der Waals surface area contributed by atoms with Crippen molar-refractivity contribution in [1.29, 1.82) is 0 Å². The van der Waals surface area contributed by atoms with Crippen molar-refractivity contribution in [1.82, 2.24) is 0 Å². The fourth-order valence-corrected chi connectivity index (χ4v) is 6.02. The van der Waals surface area contributed by atoms with Crippen molar-refractivity contribution < 1.29 is 13.7 Å². The Morgan fingerprint density at radius 2 is 2.10 bits per heavy atom. The molecule has 0 spiro atoms. The summed E-state index contributed by atoms with van der Waals surface area (Å²) in [5.41, 5.74) is 1.10. The van der Waals surface area contributed by atoms with Crippen molar-refractivity contribution in [3.05, 3.63) is 0 Å². The highest BCUT2D eigenvalue weighted by atomic mass is 32.7. The third-order valence-corrected chi connectivity index (χ3v) is 8.23. The predicted octanol–water partition coefficient (Wildman–Crippen LogP) is 5.33.